The molecule has 0 aliphatic rings. The van der Waals surface area contributed by atoms with E-state index in [2.05, 4.69) is 24.2 Å². The van der Waals surface area contributed by atoms with E-state index in [1.807, 2.05) is 48.5 Å². The molecule has 126 valence electrons. The lowest BCUT2D eigenvalue weighted by Gasteiger charge is -2.15. The number of hydrogen-bond donors (Lipinski definition) is 1. The van der Waals surface area contributed by atoms with Crippen LogP contribution in [0.15, 0.2) is 65.8 Å². The fourth-order valence-electron chi connectivity index (χ4n) is 2.55. The van der Waals surface area contributed by atoms with Crippen LogP contribution in [-0.2, 0) is 16.1 Å². The highest BCUT2D eigenvalue weighted by atomic mass is 16.5. The summed E-state index contributed by atoms with van der Waals surface area (Å²) in [7, 11) is 0. The van der Waals surface area contributed by atoms with E-state index in [4.69, 9.17) is 9.94 Å². The first-order valence-corrected chi connectivity index (χ1v) is 8.13. The van der Waals surface area contributed by atoms with Crippen LogP contribution in [0.3, 0.4) is 0 Å². The summed E-state index contributed by atoms with van der Waals surface area (Å²) in [5, 5.41) is 11.9. The maximum atomic E-state index is 12.2. The highest BCUT2D eigenvalue weighted by Gasteiger charge is 2.20. The molecule has 4 heteroatoms. The van der Waals surface area contributed by atoms with Crippen molar-refractivity contribution in [3.8, 4) is 0 Å². The highest BCUT2D eigenvalue weighted by molar-refractivity contribution is 5.89. The minimum Gasteiger partial charge on any atom is -0.460 e. The van der Waals surface area contributed by atoms with E-state index >= 15 is 0 Å². The van der Waals surface area contributed by atoms with Crippen LogP contribution in [0.2, 0.25) is 0 Å². The lowest BCUT2D eigenvalue weighted by atomic mass is 9.92. The Morgan fingerprint density at radius 2 is 1.71 bits per heavy atom. The molecule has 2 aromatic rings. The smallest absolute Gasteiger partial charge is 0.314 e. The van der Waals surface area contributed by atoms with Gasteiger partial charge in [0.05, 0.1) is 12.1 Å². The first-order chi connectivity index (χ1) is 11.7. The fraction of sp³-hybridized carbons (Fsp3) is 0.300. The molecular formula is C20H23NO3. The maximum Gasteiger partial charge on any atom is 0.314 e. The standard InChI is InChI=1S/C20H23NO3/c1-16(18-10-6-3-7-11-18)12-13-19(14-21-23)20(22)24-15-17-8-4-2-5-9-17/h2-11,14,16,19,23H,12-13,15H2,1H3/b21-14-. The van der Waals surface area contributed by atoms with Gasteiger partial charge in [0, 0.05) is 0 Å². The zero-order valence-electron chi connectivity index (χ0n) is 13.8. The summed E-state index contributed by atoms with van der Waals surface area (Å²) in [6, 6.07) is 19.7. The normalized spacial score (nSPS) is 13.5. The Hall–Kier alpha value is -2.62. The third-order valence-electron chi connectivity index (χ3n) is 4.05. The predicted molar refractivity (Wildman–Crippen MR) is 94.1 cm³/mol. The van der Waals surface area contributed by atoms with Gasteiger partial charge in [-0.25, -0.2) is 0 Å². The Morgan fingerprint density at radius 1 is 1.08 bits per heavy atom. The molecule has 4 nitrogen and oxygen atoms in total. The summed E-state index contributed by atoms with van der Waals surface area (Å²) in [5.41, 5.74) is 2.16. The van der Waals surface area contributed by atoms with Gasteiger partial charge in [-0.1, -0.05) is 67.6 Å². The molecule has 0 aliphatic carbocycles. The van der Waals surface area contributed by atoms with Crippen molar-refractivity contribution >= 4 is 12.2 Å². The lowest BCUT2D eigenvalue weighted by Crippen LogP contribution is -2.20. The van der Waals surface area contributed by atoms with Crippen molar-refractivity contribution in [3.63, 3.8) is 0 Å². The summed E-state index contributed by atoms with van der Waals surface area (Å²) in [5.74, 6) is -0.579. The number of nitrogens with zero attached hydrogens (tertiary/aromatic N) is 1. The van der Waals surface area contributed by atoms with Crippen LogP contribution in [0, 0.1) is 5.92 Å². The summed E-state index contributed by atoms with van der Waals surface area (Å²) in [6.45, 7) is 2.35. The lowest BCUT2D eigenvalue weighted by molar-refractivity contribution is -0.147. The summed E-state index contributed by atoms with van der Waals surface area (Å²) >= 11 is 0. The van der Waals surface area contributed by atoms with Crippen molar-refractivity contribution in [2.45, 2.75) is 32.3 Å². The minimum atomic E-state index is -0.537. The number of benzene rings is 2. The van der Waals surface area contributed by atoms with Gasteiger partial charge in [0.25, 0.3) is 0 Å². The molecule has 2 aromatic carbocycles. The van der Waals surface area contributed by atoms with Crippen LogP contribution in [0.25, 0.3) is 0 Å². The second kappa shape index (κ2) is 9.50. The average Bonchev–Trinajstić information content (AvgIpc) is 2.64. The second-order valence-corrected chi connectivity index (χ2v) is 5.85. The Kier molecular flexibility index (Phi) is 7.02. The van der Waals surface area contributed by atoms with Crippen LogP contribution in [-0.4, -0.2) is 17.4 Å². The van der Waals surface area contributed by atoms with Crippen molar-refractivity contribution in [2.75, 3.05) is 0 Å². The third-order valence-corrected chi connectivity index (χ3v) is 4.05. The van der Waals surface area contributed by atoms with E-state index in [0.29, 0.717) is 12.3 Å². The van der Waals surface area contributed by atoms with E-state index in [-0.39, 0.29) is 12.6 Å². The van der Waals surface area contributed by atoms with Gasteiger partial charge >= 0.3 is 5.97 Å². The third kappa shape index (κ3) is 5.54. The number of rotatable bonds is 8. The number of hydrogen-bond acceptors (Lipinski definition) is 4. The summed E-state index contributed by atoms with van der Waals surface area (Å²) in [6.07, 6.45) is 2.64. The maximum absolute atomic E-state index is 12.2. The van der Waals surface area contributed by atoms with Gasteiger partial charge < -0.3 is 9.94 Å². The molecule has 1 N–H and O–H groups in total. The Labute approximate surface area is 142 Å². The van der Waals surface area contributed by atoms with Gasteiger partial charge in [0.2, 0.25) is 0 Å². The van der Waals surface area contributed by atoms with Gasteiger partial charge in [-0.3, -0.25) is 4.79 Å². The SMILES string of the molecule is CC(CCC(/C=N\O)C(=O)OCc1ccccc1)c1ccccc1. The molecule has 24 heavy (non-hydrogen) atoms. The van der Waals surface area contributed by atoms with Crippen LogP contribution in [0.5, 0.6) is 0 Å². The molecule has 2 atom stereocenters. The Bertz CT molecular complexity index is 640. The van der Waals surface area contributed by atoms with Crippen molar-refractivity contribution in [3.05, 3.63) is 71.8 Å². The van der Waals surface area contributed by atoms with Crippen LogP contribution in [0.4, 0.5) is 0 Å². The number of esters is 1. The second-order valence-electron chi connectivity index (χ2n) is 5.85. The molecule has 2 rings (SSSR count). The number of carbonyl (C=O) groups is 1. The molecule has 0 heterocycles. The van der Waals surface area contributed by atoms with Crippen LogP contribution >= 0.6 is 0 Å². The molecule has 0 saturated heterocycles. The number of ether oxygens (including phenoxy) is 1. The molecule has 0 radical (unpaired) electrons. The van der Waals surface area contributed by atoms with E-state index in [1.165, 1.54) is 11.8 Å². The molecule has 0 amide bonds. The van der Waals surface area contributed by atoms with Crippen molar-refractivity contribution in [1.29, 1.82) is 0 Å². The molecule has 0 spiro atoms. The first-order valence-electron chi connectivity index (χ1n) is 8.13. The Balaban J connectivity index is 1.87. The molecule has 0 saturated carbocycles. The van der Waals surface area contributed by atoms with E-state index in [9.17, 15) is 4.79 Å². The zero-order chi connectivity index (χ0) is 17.2. The molecule has 0 bridgehead atoms. The minimum absolute atomic E-state index is 0.226. The monoisotopic (exact) mass is 325 g/mol. The molecule has 2 unspecified atom stereocenters. The van der Waals surface area contributed by atoms with Crippen LogP contribution in [0.1, 0.15) is 36.8 Å². The summed E-state index contributed by atoms with van der Waals surface area (Å²) < 4.78 is 5.34. The van der Waals surface area contributed by atoms with Gasteiger partial charge in [-0.15, -0.1) is 5.16 Å². The molecule has 0 aliphatic heterocycles. The van der Waals surface area contributed by atoms with Gasteiger partial charge in [-0.2, -0.15) is 0 Å². The zero-order valence-corrected chi connectivity index (χ0v) is 13.8. The predicted octanol–water partition coefficient (Wildman–Crippen LogP) is 4.39. The summed E-state index contributed by atoms with van der Waals surface area (Å²) in [4.78, 5) is 12.2. The van der Waals surface area contributed by atoms with Gasteiger partial charge in [0.1, 0.15) is 6.61 Å². The van der Waals surface area contributed by atoms with E-state index in [1.54, 1.807) is 0 Å². The van der Waals surface area contributed by atoms with Crippen molar-refractivity contribution < 1.29 is 14.7 Å². The number of carbonyl (C=O) groups excluding carboxylic acids is 1. The molecule has 0 fully saturated rings. The van der Waals surface area contributed by atoms with Gasteiger partial charge in [0.15, 0.2) is 0 Å². The number of oxime groups is 1. The van der Waals surface area contributed by atoms with Crippen molar-refractivity contribution in [1.82, 2.24) is 0 Å². The highest BCUT2D eigenvalue weighted by Crippen LogP contribution is 2.23. The van der Waals surface area contributed by atoms with Crippen LogP contribution < -0.4 is 0 Å². The largest absolute Gasteiger partial charge is 0.460 e. The quantitative estimate of drug-likeness (QED) is 0.339. The topological polar surface area (TPSA) is 58.9 Å². The first kappa shape index (κ1) is 17.7. The molecule has 0 aromatic heterocycles. The fourth-order valence-corrected chi connectivity index (χ4v) is 2.55. The van der Waals surface area contributed by atoms with Crippen molar-refractivity contribution in [2.24, 2.45) is 11.1 Å². The molecular weight excluding hydrogens is 302 g/mol. The van der Waals surface area contributed by atoms with E-state index in [0.717, 1.165) is 12.0 Å². The van der Waals surface area contributed by atoms with Gasteiger partial charge in [-0.05, 0) is 29.9 Å². The average molecular weight is 325 g/mol. The Morgan fingerprint density at radius 3 is 2.33 bits per heavy atom. The van der Waals surface area contributed by atoms with E-state index < -0.39 is 5.92 Å².